The predicted octanol–water partition coefficient (Wildman–Crippen LogP) is 3.46. The van der Waals surface area contributed by atoms with E-state index in [0.29, 0.717) is 0 Å². The number of amides is 1. The second kappa shape index (κ2) is 7.53. The standard InChI is InChI=1S/C19H22N6O2/c26-19(27)23-15-8-6-14(7-9-15)22-17-12-16(18-20-10-11-25(18)24-17)21-13-4-2-1-3-5-13/h1-5,10-12,14-15,21,23H,6-9H2,(H,22,24)(H,26,27). The van der Waals surface area contributed by atoms with Gasteiger partial charge in [0.1, 0.15) is 5.82 Å². The number of anilines is 3. The van der Waals surface area contributed by atoms with Crippen molar-refractivity contribution in [2.45, 2.75) is 37.8 Å². The Labute approximate surface area is 156 Å². The summed E-state index contributed by atoms with van der Waals surface area (Å²) in [5, 5.41) is 22.9. The Bertz CT molecular complexity index is 918. The van der Waals surface area contributed by atoms with Crippen molar-refractivity contribution in [3.63, 3.8) is 0 Å². The summed E-state index contributed by atoms with van der Waals surface area (Å²) < 4.78 is 1.76. The van der Waals surface area contributed by atoms with E-state index in [2.05, 4.69) is 26.0 Å². The minimum absolute atomic E-state index is 0.0416. The first-order valence-corrected chi connectivity index (χ1v) is 9.10. The number of benzene rings is 1. The van der Waals surface area contributed by atoms with Crippen LogP contribution in [-0.4, -0.2) is 37.9 Å². The number of nitrogens with zero attached hydrogens (tertiary/aromatic N) is 3. The molecule has 3 aromatic rings. The van der Waals surface area contributed by atoms with E-state index in [1.807, 2.05) is 42.6 Å². The highest BCUT2D eigenvalue weighted by atomic mass is 16.4. The third-order valence-corrected chi connectivity index (χ3v) is 4.82. The van der Waals surface area contributed by atoms with Crippen molar-refractivity contribution in [1.82, 2.24) is 19.9 Å². The Hall–Kier alpha value is -3.29. The number of nitrogens with one attached hydrogen (secondary N) is 3. The molecule has 4 N–H and O–H groups in total. The van der Waals surface area contributed by atoms with E-state index in [1.165, 1.54) is 0 Å². The van der Waals surface area contributed by atoms with E-state index < -0.39 is 6.09 Å². The quantitative estimate of drug-likeness (QED) is 0.551. The average Bonchev–Trinajstić information content (AvgIpc) is 3.13. The van der Waals surface area contributed by atoms with Crippen molar-refractivity contribution in [2.24, 2.45) is 0 Å². The molecular weight excluding hydrogens is 344 g/mol. The number of fused-ring (bicyclic) bond motifs is 1. The van der Waals surface area contributed by atoms with Gasteiger partial charge in [-0.1, -0.05) is 18.2 Å². The zero-order valence-corrected chi connectivity index (χ0v) is 14.8. The van der Waals surface area contributed by atoms with Crippen LogP contribution in [0.2, 0.25) is 0 Å². The first kappa shape index (κ1) is 17.1. The molecule has 0 unspecified atom stereocenters. The van der Waals surface area contributed by atoms with Crippen molar-refractivity contribution in [3.8, 4) is 0 Å². The summed E-state index contributed by atoms with van der Waals surface area (Å²) in [5.74, 6) is 0.772. The maximum absolute atomic E-state index is 10.8. The molecule has 0 radical (unpaired) electrons. The fourth-order valence-electron chi connectivity index (χ4n) is 3.52. The molecule has 1 fully saturated rings. The van der Waals surface area contributed by atoms with Crippen LogP contribution >= 0.6 is 0 Å². The fraction of sp³-hybridized carbons (Fsp3) is 0.316. The molecule has 1 aliphatic rings. The van der Waals surface area contributed by atoms with Gasteiger partial charge in [-0.25, -0.2) is 14.3 Å². The van der Waals surface area contributed by atoms with Crippen LogP contribution < -0.4 is 16.0 Å². The molecule has 140 valence electrons. The van der Waals surface area contributed by atoms with Gasteiger partial charge in [-0.05, 0) is 37.8 Å². The zero-order valence-electron chi connectivity index (χ0n) is 14.8. The minimum atomic E-state index is -0.949. The molecular formula is C19H22N6O2. The van der Waals surface area contributed by atoms with Crippen molar-refractivity contribution in [2.75, 3.05) is 10.6 Å². The van der Waals surface area contributed by atoms with Gasteiger partial charge in [-0.3, -0.25) is 0 Å². The van der Waals surface area contributed by atoms with Crippen molar-refractivity contribution in [3.05, 3.63) is 48.8 Å². The van der Waals surface area contributed by atoms with Crippen LogP contribution in [0.5, 0.6) is 0 Å². The van der Waals surface area contributed by atoms with Gasteiger partial charge in [-0.2, -0.15) is 0 Å². The molecule has 1 aromatic carbocycles. The highest BCUT2D eigenvalue weighted by Crippen LogP contribution is 2.26. The fourth-order valence-corrected chi connectivity index (χ4v) is 3.52. The maximum atomic E-state index is 10.8. The Morgan fingerprint density at radius 1 is 1.11 bits per heavy atom. The minimum Gasteiger partial charge on any atom is -0.465 e. The average molecular weight is 366 g/mol. The van der Waals surface area contributed by atoms with Crippen LogP contribution in [0, 0.1) is 0 Å². The molecule has 8 heteroatoms. The largest absolute Gasteiger partial charge is 0.465 e. The van der Waals surface area contributed by atoms with Crippen molar-refractivity contribution < 1.29 is 9.90 Å². The Balaban J connectivity index is 1.49. The van der Waals surface area contributed by atoms with Crippen LogP contribution in [0.1, 0.15) is 25.7 Å². The third kappa shape index (κ3) is 4.11. The van der Waals surface area contributed by atoms with Gasteiger partial charge in [0.25, 0.3) is 0 Å². The van der Waals surface area contributed by atoms with Crippen LogP contribution in [0.15, 0.2) is 48.8 Å². The number of carboxylic acid groups (broad SMARTS) is 1. The SMILES string of the molecule is O=C(O)NC1CCC(Nc2cc(Nc3ccccc3)c3nccn3n2)CC1. The van der Waals surface area contributed by atoms with Gasteiger partial charge in [0, 0.05) is 36.2 Å². The number of aromatic nitrogens is 3. The first-order valence-electron chi connectivity index (χ1n) is 9.10. The summed E-state index contributed by atoms with van der Waals surface area (Å²) in [6.07, 6.45) is 6.05. The summed E-state index contributed by atoms with van der Waals surface area (Å²) in [7, 11) is 0. The van der Waals surface area contributed by atoms with Gasteiger partial charge in [0.05, 0.1) is 5.69 Å². The lowest BCUT2D eigenvalue weighted by molar-refractivity contribution is 0.185. The second-order valence-corrected chi connectivity index (χ2v) is 6.77. The number of imidazole rings is 1. The number of hydrogen-bond donors (Lipinski definition) is 4. The Morgan fingerprint density at radius 2 is 1.85 bits per heavy atom. The lowest BCUT2D eigenvalue weighted by atomic mass is 9.91. The van der Waals surface area contributed by atoms with Crippen molar-refractivity contribution >= 4 is 28.9 Å². The summed E-state index contributed by atoms with van der Waals surface area (Å²) in [5.41, 5.74) is 2.63. The normalized spacial score (nSPS) is 19.6. The van der Waals surface area contributed by atoms with E-state index in [9.17, 15) is 4.79 Å². The molecule has 2 heterocycles. The van der Waals surface area contributed by atoms with E-state index in [4.69, 9.17) is 5.11 Å². The first-order chi connectivity index (χ1) is 13.2. The second-order valence-electron chi connectivity index (χ2n) is 6.77. The van der Waals surface area contributed by atoms with Crippen LogP contribution in [0.4, 0.5) is 22.0 Å². The highest BCUT2D eigenvalue weighted by molar-refractivity contribution is 5.75. The molecule has 0 bridgehead atoms. The van der Waals surface area contributed by atoms with Gasteiger partial charge in [-0.15, -0.1) is 5.10 Å². The molecule has 1 aliphatic carbocycles. The molecule has 0 aliphatic heterocycles. The number of carbonyl (C=O) groups is 1. The van der Waals surface area contributed by atoms with Gasteiger partial charge < -0.3 is 21.1 Å². The molecule has 2 aromatic heterocycles. The molecule has 8 nitrogen and oxygen atoms in total. The van der Waals surface area contributed by atoms with Crippen LogP contribution in [-0.2, 0) is 0 Å². The topological polar surface area (TPSA) is 104 Å². The smallest absolute Gasteiger partial charge is 0.404 e. The predicted molar refractivity (Wildman–Crippen MR) is 104 cm³/mol. The van der Waals surface area contributed by atoms with Crippen LogP contribution in [0.3, 0.4) is 0 Å². The molecule has 27 heavy (non-hydrogen) atoms. The van der Waals surface area contributed by atoms with E-state index in [1.54, 1.807) is 10.7 Å². The zero-order chi connectivity index (χ0) is 18.6. The van der Waals surface area contributed by atoms with E-state index in [-0.39, 0.29) is 12.1 Å². The van der Waals surface area contributed by atoms with Gasteiger partial charge in [0.15, 0.2) is 5.65 Å². The highest BCUT2D eigenvalue weighted by Gasteiger charge is 2.22. The summed E-state index contributed by atoms with van der Waals surface area (Å²) in [4.78, 5) is 15.2. The maximum Gasteiger partial charge on any atom is 0.404 e. The lowest BCUT2D eigenvalue weighted by Gasteiger charge is -2.29. The third-order valence-electron chi connectivity index (χ3n) is 4.82. The van der Waals surface area contributed by atoms with Crippen LogP contribution in [0.25, 0.3) is 5.65 Å². The molecule has 0 spiro atoms. The molecule has 0 saturated heterocycles. The number of para-hydroxylation sites is 1. The Kier molecular flexibility index (Phi) is 4.78. The molecule has 4 rings (SSSR count). The van der Waals surface area contributed by atoms with Gasteiger partial charge >= 0.3 is 6.09 Å². The van der Waals surface area contributed by atoms with E-state index in [0.717, 1.165) is 48.5 Å². The summed E-state index contributed by atoms with van der Waals surface area (Å²) in [6.45, 7) is 0. The lowest BCUT2D eigenvalue weighted by Crippen LogP contribution is -2.39. The number of hydrogen-bond acceptors (Lipinski definition) is 5. The monoisotopic (exact) mass is 366 g/mol. The molecule has 1 saturated carbocycles. The summed E-state index contributed by atoms with van der Waals surface area (Å²) >= 11 is 0. The van der Waals surface area contributed by atoms with Gasteiger partial charge in [0.2, 0.25) is 0 Å². The van der Waals surface area contributed by atoms with E-state index >= 15 is 0 Å². The summed E-state index contributed by atoms with van der Waals surface area (Å²) in [6, 6.07) is 12.2. The Morgan fingerprint density at radius 3 is 2.59 bits per heavy atom. The molecule has 0 atom stereocenters. The van der Waals surface area contributed by atoms with Crippen molar-refractivity contribution in [1.29, 1.82) is 0 Å². The molecule has 1 amide bonds. The number of rotatable bonds is 5.